The van der Waals surface area contributed by atoms with Crippen LogP contribution in [-0.4, -0.2) is 21.4 Å². The van der Waals surface area contributed by atoms with Crippen LogP contribution in [0.3, 0.4) is 0 Å². The van der Waals surface area contributed by atoms with Crippen molar-refractivity contribution in [3.8, 4) is 22.5 Å². The lowest BCUT2D eigenvalue weighted by Crippen LogP contribution is -2.15. The first-order valence-electron chi connectivity index (χ1n) is 13.9. The summed E-state index contributed by atoms with van der Waals surface area (Å²) in [6.45, 7) is 0. The fraction of sp³-hybridized carbons (Fsp3) is 0. The zero-order valence-corrected chi connectivity index (χ0v) is 23.4. The molecule has 0 spiro atoms. The molecule has 43 heavy (non-hydrogen) atoms. The highest BCUT2D eigenvalue weighted by Gasteiger charge is 2.19. The Bertz CT molecular complexity index is 2000. The molecule has 0 saturated carbocycles. The van der Waals surface area contributed by atoms with Gasteiger partial charge >= 0.3 is 0 Å². The second kappa shape index (κ2) is 12.3. The summed E-state index contributed by atoms with van der Waals surface area (Å²) >= 11 is 0. The van der Waals surface area contributed by atoms with E-state index in [1.54, 1.807) is 18.5 Å². The highest BCUT2D eigenvalue weighted by atomic mass is 14.7. The third kappa shape index (κ3) is 6.06. The number of nitrogens with zero attached hydrogens (tertiary/aromatic N) is 2. The second-order valence-electron chi connectivity index (χ2n) is 10.1. The van der Waals surface area contributed by atoms with Gasteiger partial charge in [-0.15, -0.1) is 0 Å². The Morgan fingerprint density at radius 1 is 0.512 bits per heavy atom. The van der Waals surface area contributed by atoms with E-state index in [0.29, 0.717) is 0 Å². The number of rotatable bonds is 4. The van der Waals surface area contributed by atoms with E-state index >= 15 is 0 Å². The van der Waals surface area contributed by atoms with Gasteiger partial charge in [-0.05, 0) is 76.7 Å². The van der Waals surface area contributed by atoms with Crippen LogP contribution in [0.1, 0.15) is 11.1 Å². The third-order valence-corrected chi connectivity index (χ3v) is 7.25. The number of allylic oxidation sites excluding steroid dienone is 4. The van der Waals surface area contributed by atoms with Gasteiger partial charge in [0.05, 0.1) is 22.8 Å². The normalized spacial score (nSPS) is 12.7. The maximum Gasteiger partial charge on any atom is 0.0867 e. The Labute approximate surface area is 250 Å². The smallest absolute Gasteiger partial charge is 0.0867 e. The van der Waals surface area contributed by atoms with E-state index in [0.717, 1.165) is 55.9 Å². The molecule has 1 aliphatic rings. The van der Waals surface area contributed by atoms with Crippen molar-refractivity contribution in [1.29, 1.82) is 10.8 Å². The monoisotopic (exact) mass is 555 g/mol. The molecule has 0 aliphatic heterocycles. The van der Waals surface area contributed by atoms with Crippen LogP contribution in [0, 0.1) is 10.8 Å². The molecule has 0 unspecified atom stereocenters. The van der Waals surface area contributed by atoms with Crippen molar-refractivity contribution in [3.63, 3.8) is 0 Å². The molecule has 5 nitrogen and oxygen atoms in total. The van der Waals surface area contributed by atoms with Gasteiger partial charge in [-0.3, -0.25) is 20.8 Å². The summed E-state index contributed by atoms with van der Waals surface area (Å²) in [6, 6.07) is 41.9. The first-order chi connectivity index (χ1) is 21.1. The number of anilines is 1. The van der Waals surface area contributed by atoms with Crippen molar-refractivity contribution in [2.24, 2.45) is 0 Å². The molecule has 2 aromatic heterocycles. The third-order valence-electron chi connectivity index (χ3n) is 7.25. The van der Waals surface area contributed by atoms with Gasteiger partial charge in [0, 0.05) is 40.2 Å². The standard InChI is InChI=1S/C28H20N4.C10H9N/c29-25-18-23(19-7-5-9-21(15-19)26-11-1-3-13-31-26)17-24(28(25)30)20-8-6-10-22(16-20)27-12-2-4-14-32-27;11-10-7-3-5-8-4-1-2-6-9(8)10/h1-18,29-30H;1-7H,11H2. The summed E-state index contributed by atoms with van der Waals surface area (Å²) in [5.41, 5.74) is 14.3. The Kier molecular flexibility index (Phi) is 7.78. The van der Waals surface area contributed by atoms with E-state index in [2.05, 4.69) is 28.2 Å². The molecule has 0 fully saturated rings. The van der Waals surface area contributed by atoms with Crippen LogP contribution in [0.15, 0.2) is 152 Å². The molecular weight excluding hydrogens is 526 g/mol. The van der Waals surface area contributed by atoms with Crippen LogP contribution in [0.2, 0.25) is 0 Å². The summed E-state index contributed by atoms with van der Waals surface area (Å²) in [6.07, 6.45) is 7.31. The lowest BCUT2D eigenvalue weighted by atomic mass is 9.87. The average molecular weight is 556 g/mol. The molecule has 0 atom stereocenters. The molecule has 0 radical (unpaired) electrons. The summed E-state index contributed by atoms with van der Waals surface area (Å²) in [5.74, 6) is 0. The molecule has 4 N–H and O–H groups in total. The highest BCUT2D eigenvalue weighted by molar-refractivity contribution is 6.61. The van der Waals surface area contributed by atoms with Crippen LogP contribution in [0.25, 0.3) is 44.4 Å². The van der Waals surface area contributed by atoms with Crippen molar-refractivity contribution in [1.82, 2.24) is 9.97 Å². The Hall–Kier alpha value is -5.94. The van der Waals surface area contributed by atoms with Gasteiger partial charge in [0.15, 0.2) is 0 Å². The summed E-state index contributed by atoms with van der Waals surface area (Å²) in [4.78, 5) is 8.88. The second-order valence-corrected chi connectivity index (χ2v) is 10.1. The van der Waals surface area contributed by atoms with Crippen LogP contribution in [-0.2, 0) is 0 Å². The molecule has 0 bridgehead atoms. The van der Waals surface area contributed by atoms with Crippen LogP contribution < -0.4 is 5.73 Å². The van der Waals surface area contributed by atoms with Gasteiger partial charge in [0.25, 0.3) is 0 Å². The molecule has 0 saturated heterocycles. The largest absolute Gasteiger partial charge is 0.398 e. The Morgan fingerprint density at radius 2 is 1.07 bits per heavy atom. The predicted molar refractivity (Wildman–Crippen MR) is 179 cm³/mol. The van der Waals surface area contributed by atoms with Gasteiger partial charge in [0.2, 0.25) is 0 Å². The average Bonchev–Trinajstić information content (AvgIpc) is 3.07. The van der Waals surface area contributed by atoms with Crippen LogP contribution >= 0.6 is 0 Å². The molecule has 6 aromatic rings. The number of hydrogen-bond acceptors (Lipinski definition) is 5. The Balaban J connectivity index is 0.000000250. The number of nitrogens with one attached hydrogen (secondary N) is 2. The first-order valence-corrected chi connectivity index (χ1v) is 13.9. The summed E-state index contributed by atoms with van der Waals surface area (Å²) in [5, 5.41) is 19.3. The highest BCUT2D eigenvalue weighted by Crippen LogP contribution is 2.31. The van der Waals surface area contributed by atoms with E-state index in [9.17, 15) is 0 Å². The van der Waals surface area contributed by atoms with Crippen LogP contribution in [0.5, 0.6) is 0 Å². The van der Waals surface area contributed by atoms with Crippen LogP contribution in [0.4, 0.5) is 5.69 Å². The molecule has 2 heterocycles. The molecule has 4 aromatic carbocycles. The van der Waals surface area contributed by atoms with Crippen molar-refractivity contribution in [3.05, 3.63) is 163 Å². The minimum Gasteiger partial charge on any atom is -0.398 e. The molecule has 1 aliphatic carbocycles. The van der Waals surface area contributed by atoms with Gasteiger partial charge in [-0.1, -0.05) is 84.9 Å². The van der Waals surface area contributed by atoms with E-state index in [1.165, 1.54) is 5.39 Å². The fourth-order valence-corrected chi connectivity index (χ4v) is 5.06. The van der Waals surface area contributed by atoms with E-state index in [4.69, 9.17) is 16.6 Å². The first kappa shape index (κ1) is 27.2. The van der Waals surface area contributed by atoms with Crippen molar-refractivity contribution in [2.75, 3.05) is 5.73 Å². The number of nitrogens with two attached hydrogens (primary N) is 1. The van der Waals surface area contributed by atoms with Crippen molar-refractivity contribution < 1.29 is 0 Å². The minimum absolute atomic E-state index is 0.198. The zero-order valence-electron chi connectivity index (χ0n) is 23.4. The number of aromatic nitrogens is 2. The quantitative estimate of drug-likeness (QED) is 0.150. The van der Waals surface area contributed by atoms with Gasteiger partial charge < -0.3 is 5.73 Å². The summed E-state index contributed by atoms with van der Waals surface area (Å²) in [7, 11) is 0. The van der Waals surface area contributed by atoms with Crippen molar-refractivity contribution in [2.45, 2.75) is 0 Å². The topological polar surface area (TPSA) is 99.5 Å². The lowest BCUT2D eigenvalue weighted by molar-refractivity contribution is 1.32. The van der Waals surface area contributed by atoms with Gasteiger partial charge in [-0.2, -0.15) is 0 Å². The number of fused-ring (bicyclic) bond motifs is 1. The maximum absolute atomic E-state index is 8.53. The molecular formula is C38H29N5. The lowest BCUT2D eigenvalue weighted by Gasteiger charge is -2.17. The molecule has 5 heteroatoms. The number of nitrogen functional groups attached to an aromatic ring is 1. The number of benzene rings is 4. The zero-order chi connectivity index (χ0) is 29.6. The molecule has 7 rings (SSSR count). The Morgan fingerprint density at radius 3 is 1.72 bits per heavy atom. The van der Waals surface area contributed by atoms with E-state index < -0.39 is 0 Å². The fourth-order valence-electron chi connectivity index (χ4n) is 5.06. The van der Waals surface area contributed by atoms with Gasteiger partial charge in [-0.25, -0.2) is 0 Å². The predicted octanol–water partition coefficient (Wildman–Crippen LogP) is 8.75. The number of hydrogen-bond donors (Lipinski definition) is 3. The summed E-state index contributed by atoms with van der Waals surface area (Å²) < 4.78 is 0. The van der Waals surface area contributed by atoms with E-state index in [1.807, 2.05) is 115 Å². The van der Waals surface area contributed by atoms with E-state index in [-0.39, 0.29) is 11.4 Å². The SMILES string of the molecule is N=C1C=C(c2cccc(-c3ccccn3)c2)C=C(c2cccc(-c3ccccn3)c2)C1=N.Nc1cccc2ccccc12. The van der Waals surface area contributed by atoms with Crippen molar-refractivity contribution >= 4 is 39.0 Å². The maximum atomic E-state index is 8.53. The van der Waals surface area contributed by atoms with Gasteiger partial charge in [0.1, 0.15) is 0 Å². The molecule has 206 valence electrons. The minimum atomic E-state index is 0.198. The number of pyridine rings is 2. The molecule has 0 amide bonds.